The molecule has 3 nitrogen and oxygen atoms in total. The molecule has 2 aromatic rings. The number of aromatic nitrogens is 2. The fraction of sp³-hybridized carbons (Fsp3) is 0.438. The first-order valence-electron chi connectivity index (χ1n) is 7.24. The van der Waals surface area contributed by atoms with Gasteiger partial charge in [-0.2, -0.15) is 5.10 Å². The molecule has 0 saturated heterocycles. The van der Waals surface area contributed by atoms with Crippen molar-refractivity contribution < 1.29 is 0 Å². The van der Waals surface area contributed by atoms with Crippen molar-refractivity contribution in [2.75, 3.05) is 6.26 Å². The number of rotatable bonds is 6. The van der Waals surface area contributed by atoms with Crippen molar-refractivity contribution in [2.24, 2.45) is 5.73 Å². The normalized spacial score (nSPS) is 12.6. The molecule has 114 valence electrons. The van der Waals surface area contributed by atoms with Crippen molar-refractivity contribution in [1.29, 1.82) is 0 Å². The topological polar surface area (TPSA) is 43.8 Å². The van der Waals surface area contributed by atoms with E-state index < -0.39 is 0 Å². The Morgan fingerprint density at radius 2 is 1.95 bits per heavy atom. The maximum absolute atomic E-state index is 6.39. The molecule has 0 aliphatic carbocycles. The molecule has 1 aromatic heterocycles. The van der Waals surface area contributed by atoms with Gasteiger partial charge in [-0.25, -0.2) is 0 Å². The first-order chi connectivity index (χ1) is 10.1. The summed E-state index contributed by atoms with van der Waals surface area (Å²) in [4.78, 5) is 1.26. The summed E-state index contributed by atoms with van der Waals surface area (Å²) in [5.41, 5.74) is 9.86. The van der Waals surface area contributed by atoms with Crippen molar-refractivity contribution in [3.8, 4) is 0 Å². The molecule has 0 fully saturated rings. The molecule has 0 bridgehead atoms. The van der Waals surface area contributed by atoms with E-state index in [4.69, 9.17) is 5.73 Å². The van der Waals surface area contributed by atoms with Gasteiger partial charge < -0.3 is 5.73 Å². The second-order valence-corrected chi connectivity index (χ2v) is 6.63. The maximum atomic E-state index is 6.39. The van der Waals surface area contributed by atoms with E-state index in [0.29, 0.717) is 0 Å². The molecule has 1 unspecified atom stereocenters. The molecule has 1 atom stereocenters. The molecule has 1 heterocycles. The number of halogens is 1. The van der Waals surface area contributed by atoms with E-state index in [1.54, 1.807) is 11.8 Å². The molecule has 0 radical (unpaired) electrons. The van der Waals surface area contributed by atoms with Crippen LogP contribution in [0.5, 0.6) is 0 Å². The third kappa shape index (κ3) is 3.71. The zero-order valence-corrected chi connectivity index (χ0v) is 15.2. The predicted molar refractivity (Wildman–Crippen MR) is 93.8 cm³/mol. The molecule has 5 heteroatoms. The van der Waals surface area contributed by atoms with Gasteiger partial charge in [-0.05, 0) is 53.2 Å². The van der Waals surface area contributed by atoms with Crippen molar-refractivity contribution >= 4 is 27.7 Å². The van der Waals surface area contributed by atoms with E-state index in [2.05, 4.69) is 70.1 Å². The van der Waals surface area contributed by atoms with Gasteiger partial charge in [0.25, 0.3) is 0 Å². The van der Waals surface area contributed by atoms with Gasteiger partial charge in [0.2, 0.25) is 0 Å². The second kappa shape index (κ2) is 7.47. The van der Waals surface area contributed by atoms with Crippen molar-refractivity contribution in [2.45, 2.75) is 44.2 Å². The Kier molecular flexibility index (Phi) is 5.90. The Labute approximate surface area is 139 Å². The number of benzene rings is 1. The van der Waals surface area contributed by atoms with Crippen molar-refractivity contribution in [1.82, 2.24) is 9.78 Å². The van der Waals surface area contributed by atoms with E-state index in [1.165, 1.54) is 16.2 Å². The third-order valence-corrected chi connectivity index (χ3v) is 5.31. The van der Waals surface area contributed by atoms with Crippen LogP contribution in [0, 0.1) is 0 Å². The molecule has 0 spiro atoms. The average molecular weight is 368 g/mol. The minimum absolute atomic E-state index is 0.0103. The lowest BCUT2D eigenvalue weighted by molar-refractivity contribution is 0.584. The Morgan fingerprint density at radius 3 is 2.48 bits per heavy atom. The van der Waals surface area contributed by atoms with Gasteiger partial charge in [0.05, 0.1) is 15.9 Å². The zero-order valence-electron chi connectivity index (χ0n) is 12.8. The van der Waals surface area contributed by atoms with E-state index >= 15 is 0 Å². The minimum Gasteiger partial charge on any atom is -0.324 e. The highest BCUT2D eigenvalue weighted by Gasteiger charge is 2.17. The van der Waals surface area contributed by atoms with E-state index in [-0.39, 0.29) is 6.04 Å². The Hall–Kier alpha value is -0.780. The van der Waals surface area contributed by atoms with Gasteiger partial charge in [-0.15, -0.1) is 11.8 Å². The number of nitrogens with two attached hydrogens (primary N) is 1. The standard InChI is InChI=1S/C16H22BrN3S/c1-4-14-16(17)15(20(5-2)19-14)10-13(18)11-6-8-12(21-3)9-7-11/h6-9,13H,4-5,10,18H2,1-3H3. The monoisotopic (exact) mass is 367 g/mol. The van der Waals surface area contributed by atoms with Gasteiger partial charge in [0.15, 0.2) is 0 Å². The van der Waals surface area contributed by atoms with Crippen LogP contribution in [-0.4, -0.2) is 16.0 Å². The SMILES string of the molecule is CCc1nn(CC)c(CC(N)c2ccc(SC)cc2)c1Br. The molecule has 0 saturated carbocycles. The Balaban J connectivity index is 2.22. The van der Waals surface area contributed by atoms with Crippen LogP contribution < -0.4 is 5.73 Å². The van der Waals surface area contributed by atoms with E-state index in [9.17, 15) is 0 Å². The average Bonchev–Trinajstić information content (AvgIpc) is 2.83. The highest BCUT2D eigenvalue weighted by molar-refractivity contribution is 9.10. The van der Waals surface area contributed by atoms with Crippen LogP contribution in [0.25, 0.3) is 0 Å². The first-order valence-corrected chi connectivity index (χ1v) is 9.26. The predicted octanol–water partition coefficient (Wildman–Crippen LogP) is 4.19. The van der Waals surface area contributed by atoms with Crippen LogP contribution in [0.1, 0.15) is 36.8 Å². The van der Waals surface area contributed by atoms with Crippen molar-refractivity contribution in [3.05, 3.63) is 45.7 Å². The van der Waals surface area contributed by atoms with Gasteiger partial charge in [0.1, 0.15) is 0 Å². The lowest BCUT2D eigenvalue weighted by Crippen LogP contribution is -2.16. The summed E-state index contributed by atoms with van der Waals surface area (Å²) < 4.78 is 3.17. The molecule has 1 aromatic carbocycles. The summed E-state index contributed by atoms with van der Waals surface area (Å²) >= 11 is 5.43. The molecule has 0 aliphatic rings. The molecule has 0 aliphatic heterocycles. The van der Waals surface area contributed by atoms with Gasteiger partial charge in [-0.1, -0.05) is 19.1 Å². The van der Waals surface area contributed by atoms with Gasteiger partial charge in [0, 0.05) is 23.9 Å². The molecule has 21 heavy (non-hydrogen) atoms. The number of hydrogen-bond acceptors (Lipinski definition) is 3. The number of hydrogen-bond donors (Lipinski definition) is 1. The third-order valence-electron chi connectivity index (χ3n) is 3.65. The summed E-state index contributed by atoms with van der Waals surface area (Å²) in [6.07, 6.45) is 3.80. The number of thioether (sulfide) groups is 1. The molecular weight excluding hydrogens is 346 g/mol. The van der Waals surface area contributed by atoms with Gasteiger partial charge in [-0.3, -0.25) is 4.68 Å². The van der Waals surface area contributed by atoms with E-state index in [0.717, 1.165) is 29.6 Å². The molecule has 2 rings (SSSR count). The molecule has 0 amide bonds. The van der Waals surface area contributed by atoms with E-state index in [1.807, 2.05) is 0 Å². The summed E-state index contributed by atoms with van der Waals surface area (Å²) in [7, 11) is 0. The summed E-state index contributed by atoms with van der Waals surface area (Å²) in [5.74, 6) is 0. The minimum atomic E-state index is -0.0103. The molecular formula is C16H22BrN3S. The van der Waals surface area contributed by atoms with Crippen LogP contribution >= 0.6 is 27.7 Å². The lowest BCUT2D eigenvalue weighted by Gasteiger charge is -2.14. The second-order valence-electron chi connectivity index (χ2n) is 4.96. The van der Waals surface area contributed by atoms with Crippen LogP contribution in [0.2, 0.25) is 0 Å². The zero-order chi connectivity index (χ0) is 15.4. The highest BCUT2D eigenvalue weighted by atomic mass is 79.9. The summed E-state index contributed by atoms with van der Waals surface area (Å²) in [5, 5.41) is 4.63. The number of aryl methyl sites for hydroxylation is 2. The van der Waals surface area contributed by atoms with Crippen LogP contribution in [-0.2, 0) is 19.4 Å². The largest absolute Gasteiger partial charge is 0.324 e. The lowest BCUT2D eigenvalue weighted by atomic mass is 10.0. The summed E-state index contributed by atoms with van der Waals surface area (Å²) in [6, 6.07) is 8.49. The highest BCUT2D eigenvalue weighted by Crippen LogP contribution is 2.27. The van der Waals surface area contributed by atoms with Crippen molar-refractivity contribution in [3.63, 3.8) is 0 Å². The van der Waals surface area contributed by atoms with Crippen LogP contribution in [0.4, 0.5) is 0 Å². The van der Waals surface area contributed by atoms with Crippen LogP contribution in [0.15, 0.2) is 33.6 Å². The van der Waals surface area contributed by atoms with Crippen LogP contribution in [0.3, 0.4) is 0 Å². The fourth-order valence-electron chi connectivity index (χ4n) is 2.39. The Bertz CT molecular complexity index is 592. The quantitative estimate of drug-likeness (QED) is 0.778. The Morgan fingerprint density at radius 1 is 1.29 bits per heavy atom. The maximum Gasteiger partial charge on any atom is 0.0766 e. The fourth-order valence-corrected chi connectivity index (χ4v) is 3.52. The first kappa shape index (κ1) is 16.6. The van der Waals surface area contributed by atoms with Gasteiger partial charge >= 0.3 is 0 Å². The molecule has 2 N–H and O–H groups in total. The number of nitrogens with zero attached hydrogens (tertiary/aromatic N) is 2. The summed E-state index contributed by atoms with van der Waals surface area (Å²) in [6.45, 7) is 5.10. The smallest absolute Gasteiger partial charge is 0.0766 e.